The average molecular weight is 113 g/mol. The van der Waals surface area contributed by atoms with Gasteiger partial charge in [0.05, 0.1) is 0 Å². The minimum absolute atomic E-state index is 0.917. The monoisotopic (exact) mass is 113 g/mol. The zero-order valence-electron chi connectivity index (χ0n) is 6.02. The topological polar surface area (TPSA) is 3.24 Å². The van der Waals surface area contributed by atoms with E-state index in [2.05, 4.69) is 25.8 Å². The van der Waals surface area contributed by atoms with Crippen LogP contribution in [0.15, 0.2) is 0 Å². The molecule has 1 aliphatic rings. The highest BCUT2D eigenvalue weighted by atomic mass is 15.1. The molecule has 1 rings (SSSR count). The van der Waals surface area contributed by atoms with E-state index in [1.165, 1.54) is 13.1 Å². The first-order valence-electron chi connectivity index (χ1n) is 3.38. The van der Waals surface area contributed by atoms with Crippen LogP contribution >= 0.6 is 0 Å². The predicted octanol–water partition coefficient (Wildman–Crippen LogP) is 1.20. The Hall–Kier alpha value is -0.0400. The normalized spacial score (nSPS) is 40.9. The van der Waals surface area contributed by atoms with Crippen molar-refractivity contribution in [2.45, 2.75) is 13.8 Å². The molecule has 1 saturated heterocycles. The van der Waals surface area contributed by atoms with Crippen molar-refractivity contribution >= 4 is 0 Å². The van der Waals surface area contributed by atoms with Crippen molar-refractivity contribution in [2.75, 3.05) is 20.1 Å². The highest BCUT2D eigenvalue weighted by Crippen LogP contribution is 2.19. The number of likely N-dealkylation sites (tertiary alicyclic amines) is 1. The molecule has 1 aliphatic heterocycles. The Balaban J connectivity index is 2.39. The van der Waals surface area contributed by atoms with Gasteiger partial charge in [-0.05, 0) is 18.9 Å². The van der Waals surface area contributed by atoms with Gasteiger partial charge in [0.25, 0.3) is 0 Å². The van der Waals surface area contributed by atoms with E-state index >= 15 is 0 Å². The van der Waals surface area contributed by atoms with E-state index < -0.39 is 0 Å². The van der Waals surface area contributed by atoms with Crippen molar-refractivity contribution < 1.29 is 0 Å². The molecule has 1 fully saturated rings. The summed E-state index contributed by atoms with van der Waals surface area (Å²) in [6, 6.07) is 0. The molecule has 0 saturated carbocycles. The van der Waals surface area contributed by atoms with Crippen LogP contribution in [-0.2, 0) is 0 Å². The molecule has 0 unspecified atom stereocenters. The molecule has 1 heteroatoms. The lowest BCUT2D eigenvalue weighted by molar-refractivity contribution is 0.398. The van der Waals surface area contributed by atoms with Crippen LogP contribution in [0.3, 0.4) is 0 Å². The van der Waals surface area contributed by atoms with Gasteiger partial charge in [-0.2, -0.15) is 0 Å². The van der Waals surface area contributed by atoms with E-state index in [1.54, 1.807) is 0 Å². The molecule has 0 aromatic rings. The Labute approximate surface area is 51.7 Å². The summed E-state index contributed by atoms with van der Waals surface area (Å²) in [6.07, 6.45) is 0. The van der Waals surface area contributed by atoms with Gasteiger partial charge >= 0.3 is 0 Å². The van der Waals surface area contributed by atoms with E-state index in [0.717, 1.165) is 11.8 Å². The van der Waals surface area contributed by atoms with Crippen LogP contribution in [0.1, 0.15) is 13.8 Å². The molecule has 0 aromatic heterocycles. The van der Waals surface area contributed by atoms with Gasteiger partial charge in [-0.1, -0.05) is 13.8 Å². The van der Waals surface area contributed by atoms with Crippen LogP contribution in [0.4, 0.5) is 0 Å². The Morgan fingerprint density at radius 3 is 1.62 bits per heavy atom. The van der Waals surface area contributed by atoms with E-state index in [-0.39, 0.29) is 0 Å². The van der Waals surface area contributed by atoms with Gasteiger partial charge in [0.2, 0.25) is 0 Å². The smallest absolute Gasteiger partial charge is 0.000711 e. The zero-order valence-corrected chi connectivity index (χ0v) is 6.02. The quantitative estimate of drug-likeness (QED) is 0.456. The molecule has 1 heterocycles. The summed E-state index contributed by atoms with van der Waals surface area (Å²) < 4.78 is 0. The molecule has 0 radical (unpaired) electrons. The van der Waals surface area contributed by atoms with Gasteiger partial charge in [-0.3, -0.25) is 0 Å². The first-order valence-corrected chi connectivity index (χ1v) is 3.38. The standard InChI is InChI=1S/C7H15N/c1-6-4-8(3)5-7(6)2/h6-7H,4-5H2,1-3H3/t6-,7+. The number of hydrogen-bond donors (Lipinski definition) is 0. The highest BCUT2D eigenvalue weighted by Gasteiger charge is 2.22. The summed E-state index contributed by atoms with van der Waals surface area (Å²) in [4.78, 5) is 2.40. The molecule has 2 atom stereocenters. The summed E-state index contributed by atoms with van der Waals surface area (Å²) in [7, 11) is 2.19. The minimum Gasteiger partial charge on any atom is -0.306 e. The van der Waals surface area contributed by atoms with Gasteiger partial charge in [0.15, 0.2) is 0 Å². The Bertz CT molecular complexity index is 70.5. The van der Waals surface area contributed by atoms with Crippen molar-refractivity contribution in [2.24, 2.45) is 11.8 Å². The minimum atomic E-state index is 0.917. The van der Waals surface area contributed by atoms with E-state index in [0.29, 0.717) is 0 Å². The first kappa shape index (κ1) is 6.09. The van der Waals surface area contributed by atoms with Gasteiger partial charge in [0, 0.05) is 13.1 Å². The molecule has 0 aromatic carbocycles. The predicted molar refractivity (Wildman–Crippen MR) is 35.8 cm³/mol. The molecule has 0 N–H and O–H groups in total. The third-order valence-corrected chi connectivity index (χ3v) is 2.17. The Morgan fingerprint density at radius 1 is 1.12 bits per heavy atom. The summed E-state index contributed by atoms with van der Waals surface area (Å²) in [6.45, 7) is 7.24. The second-order valence-electron chi connectivity index (χ2n) is 3.18. The van der Waals surface area contributed by atoms with Crippen molar-refractivity contribution in [1.82, 2.24) is 4.90 Å². The van der Waals surface area contributed by atoms with Crippen molar-refractivity contribution in [3.8, 4) is 0 Å². The lowest BCUT2D eigenvalue weighted by Crippen LogP contribution is -2.13. The largest absolute Gasteiger partial charge is 0.306 e. The van der Waals surface area contributed by atoms with Gasteiger partial charge in [-0.25, -0.2) is 0 Å². The second-order valence-corrected chi connectivity index (χ2v) is 3.18. The zero-order chi connectivity index (χ0) is 6.15. The number of hydrogen-bond acceptors (Lipinski definition) is 1. The summed E-state index contributed by atoms with van der Waals surface area (Å²) >= 11 is 0. The maximum absolute atomic E-state index is 2.40. The molecular formula is C7H15N. The Kier molecular flexibility index (Phi) is 1.57. The van der Waals surface area contributed by atoms with Gasteiger partial charge in [0.1, 0.15) is 0 Å². The third-order valence-electron chi connectivity index (χ3n) is 2.17. The Morgan fingerprint density at radius 2 is 1.50 bits per heavy atom. The van der Waals surface area contributed by atoms with Crippen LogP contribution < -0.4 is 0 Å². The molecule has 8 heavy (non-hydrogen) atoms. The number of nitrogens with zero attached hydrogens (tertiary/aromatic N) is 1. The van der Waals surface area contributed by atoms with Gasteiger partial charge < -0.3 is 4.90 Å². The summed E-state index contributed by atoms with van der Waals surface area (Å²) in [5, 5.41) is 0. The lowest BCUT2D eigenvalue weighted by Gasteiger charge is -2.03. The molecule has 48 valence electrons. The molecule has 0 amide bonds. The first-order chi connectivity index (χ1) is 3.70. The maximum atomic E-state index is 2.40. The van der Waals surface area contributed by atoms with E-state index in [1.807, 2.05) is 0 Å². The van der Waals surface area contributed by atoms with Gasteiger partial charge in [-0.15, -0.1) is 0 Å². The van der Waals surface area contributed by atoms with Crippen LogP contribution in [0, 0.1) is 11.8 Å². The van der Waals surface area contributed by atoms with Crippen LogP contribution in [0.5, 0.6) is 0 Å². The fourth-order valence-electron chi connectivity index (χ4n) is 1.42. The molecule has 0 bridgehead atoms. The lowest BCUT2D eigenvalue weighted by atomic mass is 10.0. The molecule has 0 aliphatic carbocycles. The maximum Gasteiger partial charge on any atom is 0.000711 e. The van der Waals surface area contributed by atoms with Crippen molar-refractivity contribution in [3.05, 3.63) is 0 Å². The SMILES string of the molecule is C[C@@H]1CN(C)C[C@@H]1C. The van der Waals surface area contributed by atoms with Crippen LogP contribution in [0.25, 0.3) is 0 Å². The second kappa shape index (κ2) is 2.06. The fourth-order valence-corrected chi connectivity index (χ4v) is 1.42. The van der Waals surface area contributed by atoms with Crippen LogP contribution in [-0.4, -0.2) is 25.0 Å². The fraction of sp³-hybridized carbons (Fsp3) is 1.00. The highest BCUT2D eigenvalue weighted by molar-refractivity contribution is 4.75. The molecule has 1 nitrogen and oxygen atoms in total. The molecule has 0 spiro atoms. The average Bonchev–Trinajstić information content (AvgIpc) is 1.85. The van der Waals surface area contributed by atoms with Crippen LogP contribution in [0.2, 0.25) is 0 Å². The summed E-state index contributed by atoms with van der Waals surface area (Å²) in [5.41, 5.74) is 0. The number of rotatable bonds is 0. The third kappa shape index (κ3) is 1.03. The van der Waals surface area contributed by atoms with E-state index in [9.17, 15) is 0 Å². The molecular weight excluding hydrogens is 98.1 g/mol. The van der Waals surface area contributed by atoms with E-state index in [4.69, 9.17) is 0 Å². The van der Waals surface area contributed by atoms with Crippen molar-refractivity contribution in [1.29, 1.82) is 0 Å². The summed E-state index contributed by atoms with van der Waals surface area (Å²) in [5.74, 6) is 1.83. The van der Waals surface area contributed by atoms with Crippen molar-refractivity contribution in [3.63, 3.8) is 0 Å².